The molecule has 2 N–H and O–H groups in total. The third-order valence-corrected chi connectivity index (χ3v) is 7.66. The Labute approximate surface area is 202 Å². The van der Waals surface area contributed by atoms with E-state index in [0.717, 1.165) is 82.2 Å². The lowest BCUT2D eigenvalue weighted by Crippen LogP contribution is -2.41. The monoisotopic (exact) mass is 469 g/mol. The zero-order valence-electron chi connectivity index (χ0n) is 20.6. The van der Waals surface area contributed by atoms with Gasteiger partial charge in [0.15, 0.2) is 0 Å². The van der Waals surface area contributed by atoms with Gasteiger partial charge in [-0.2, -0.15) is 0 Å². The van der Waals surface area contributed by atoms with Gasteiger partial charge in [0.2, 0.25) is 5.91 Å². The molecule has 3 aliphatic rings. The molecule has 0 spiro atoms. The van der Waals surface area contributed by atoms with Crippen molar-refractivity contribution in [3.8, 4) is 0 Å². The number of amides is 1. The molecule has 2 unspecified atom stereocenters. The molecule has 0 radical (unpaired) electrons. The van der Waals surface area contributed by atoms with E-state index in [-0.39, 0.29) is 17.8 Å². The number of piperidine rings is 1. The molecule has 1 aromatic rings. The Hall–Kier alpha value is -2.64. The topological polar surface area (TPSA) is 95.9 Å². The van der Waals surface area contributed by atoms with E-state index in [1.165, 1.54) is 12.7 Å². The third-order valence-electron chi connectivity index (χ3n) is 7.66. The zero-order chi connectivity index (χ0) is 23.9. The predicted molar refractivity (Wildman–Crippen MR) is 133 cm³/mol. The highest BCUT2D eigenvalue weighted by molar-refractivity contribution is 5.80. The minimum atomic E-state index is -0.144. The number of amidine groups is 1. The molecule has 8 nitrogen and oxygen atoms in total. The summed E-state index contributed by atoms with van der Waals surface area (Å²) < 4.78 is 4.97. The van der Waals surface area contributed by atoms with Crippen LogP contribution in [0.1, 0.15) is 56.7 Å². The molecule has 34 heavy (non-hydrogen) atoms. The fourth-order valence-electron chi connectivity index (χ4n) is 5.46. The first-order valence-electron chi connectivity index (χ1n) is 12.8. The normalized spacial score (nSPS) is 21.5. The number of aliphatic imine (C=N–C) groups is 1. The molecule has 3 aliphatic heterocycles. The van der Waals surface area contributed by atoms with E-state index in [1.54, 1.807) is 0 Å². The number of esters is 1. The first-order chi connectivity index (χ1) is 16.5. The highest BCUT2D eigenvalue weighted by Crippen LogP contribution is 2.31. The van der Waals surface area contributed by atoms with Crippen molar-refractivity contribution in [3.63, 3.8) is 0 Å². The van der Waals surface area contributed by atoms with Gasteiger partial charge in [0.05, 0.1) is 12.9 Å². The average molecular weight is 470 g/mol. The van der Waals surface area contributed by atoms with Crippen molar-refractivity contribution in [2.75, 3.05) is 45.2 Å². The van der Waals surface area contributed by atoms with E-state index < -0.39 is 0 Å². The van der Waals surface area contributed by atoms with E-state index in [2.05, 4.69) is 27.8 Å². The molecular weight excluding hydrogens is 430 g/mol. The van der Waals surface area contributed by atoms with Gasteiger partial charge in [0, 0.05) is 51.3 Å². The number of likely N-dealkylation sites (tertiary alicyclic amines) is 1. The summed E-state index contributed by atoms with van der Waals surface area (Å²) in [6, 6.07) is 4.22. The summed E-state index contributed by atoms with van der Waals surface area (Å²) in [7, 11) is 1.46. The lowest BCUT2D eigenvalue weighted by molar-refractivity contribution is -0.142. The second-order valence-electron chi connectivity index (χ2n) is 10.0. The standard InChI is InChI=1S/C26H39N5O3/c1-18-28-16-22(17-29-18)21(15-25(33)34-2)14-19-9-12-31(13-10-19)24(32)8-7-23-6-5-20-4-3-11-27-26(20)30-23/h5-6,19,21-22H,3-4,7-17H2,1-2H3,(H,27,30)(H,28,29). The number of aromatic nitrogens is 1. The van der Waals surface area contributed by atoms with E-state index in [9.17, 15) is 9.59 Å². The van der Waals surface area contributed by atoms with Crippen molar-refractivity contribution in [1.82, 2.24) is 15.2 Å². The number of carbonyl (C=O) groups is 2. The number of hydrogen-bond acceptors (Lipinski definition) is 7. The summed E-state index contributed by atoms with van der Waals surface area (Å²) in [6.45, 7) is 6.19. The second-order valence-corrected chi connectivity index (χ2v) is 10.0. The fraction of sp³-hybridized carbons (Fsp3) is 0.692. The lowest BCUT2D eigenvalue weighted by atomic mass is 9.78. The molecule has 0 aliphatic carbocycles. The number of methoxy groups -OCH3 is 1. The number of carbonyl (C=O) groups excluding carboxylic acids is 2. The Morgan fingerprint density at radius 3 is 2.79 bits per heavy atom. The maximum Gasteiger partial charge on any atom is 0.305 e. The van der Waals surface area contributed by atoms with Crippen molar-refractivity contribution < 1.29 is 14.3 Å². The van der Waals surface area contributed by atoms with Crippen LogP contribution < -0.4 is 10.6 Å². The molecular formula is C26H39N5O3. The Morgan fingerprint density at radius 2 is 2.06 bits per heavy atom. The van der Waals surface area contributed by atoms with Crippen molar-refractivity contribution in [3.05, 3.63) is 23.4 Å². The minimum Gasteiger partial charge on any atom is -0.469 e. The maximum atomic E-state index is 12.8. The number of anilines is 1. The van der Waals surface area contributed by atoms with E-state index in [0.29, 0.717) is 31.1 Å². The van der Waals surface area contributed by atoms with Gasteiger partial charge in [0.25, 0.3) is 0 Å². The van der Waals surface area contributed by atoms with Crippen LogP contribution in [0.5, 0.6) is 0 Å². The number of rotatable bonds is 8. The summed E-state index contributed by atoms with van der Waals surface area (Å²) in [6.07, 6.45) is 6.84. The number of ether oxygens (including phenoxy) is 1. The number of aryl methyl sites for hydroxylation is 2. The third kappa shape index (κ3) is 6.48. The van der Waals surface area contributed by atoms with Crippen LogP contribution in [0.25, 0.3) is 0 Å². The van der Waals surface area contributed by atoms with Crippen LogP contribution in [-0.2, 0) is 27.2 Å². The molecule has 1 aromatic heterocycles. The number of nitrogens with one attached hydrogen (secondary N) is 2. The minimum absolute atomic E-state index is 0.144. The first kappa shape index (κ1) is 24.5. The van der Waals surface area contributed by atoms with E-state index in [1.807, 2.05) is 11.8 Å². The van der Waals surface area contributed by atoms with Gasteiger partial charge in [-0.1, -0.05) is 6.07 Å². The van der Waals surface area contributed by atoms with Crippen molar-refractivity contribution >= 4 is 23.5 Å². The number of pyridine rings is 1. The lowest BCUT2D eigenvalue weighted by Gasteiger charge is -2.36. The molecule has 1 fully saturated rings. The van der Waals surface area contributed by atoms with Crippen LogP contribution in [-0.4, -0.2) is 67.4 Å². The predicted octanol–water partition coefficient (Wildman–Crippen LogP) is 2.82. The van der Waals surface area contributed by atoms with Gasteiger partial charge in [-0.05, 0) is 74.8 Å². The van der Waals surface area contributed by atoms with Gasteiger partial charge in [-0.3, -0.25) is 14.6 Å². The molecule has 4 rings (SSSR count). The quantitative estimate of drug-likeness (QED) is 0.569. The van der Waals surface area contributed by atoms with Gasteiger partial charge in [0.1, 0.15) is 5.82 Å². The number of hydrogen-bond donors (Lipinski definition) is 2. The van der Waals surface area contributed by atoms with Gasteiger partial charge < -0.3 is 20.3 Å². The van der Waals surface area contributed by atoms with Gasteiger partial charge in [-0.25, -0.2) is 4.98 Å². The molecule has 4 heterocycles. The molecule has 186 valence electrons. The summed E-state index contributed by atoms with van der Waals surface area (Å²) in [5.74, 6) is 3.18. The zero-order valence-corrected chi connectivity index (χ0v) is 20.6. The van der Waals surface area contributed by atoms with Crippen LogP contribution in [0.15, 0.2) is 17.1 Å². The molecule has 1 saturated heterocycles. The number of nitrogens with zero attached hydrogens (tertiary/aromatic N) is 3. The van der Waals surface area contributed by atoms with Crippen molar-refractivity contribution in [2.24, 2.45) is 22.7 Å². The summed E-state index contributed by atoms with van der Waals surface area (Å²) >= 11 is 0. The molecule has 0 aromatic carbocycles. The van der Waals surface area contributed by atoms with Gasteiger partial charge in [-0.15, -0.1) is 0 Å². The van der Waals surface area contributed by atoms with Crippen LogP contribution in [0.4, 0.5) is 5.82 Å². The molecule has 8 heteroatoms. The first-order valence-corrected chi connectivity index (χ1v) is 12.8. The Bertz CT molecular complexity index is 894. The summed E-state index contributed by atoms with van der Waals surface area (Å²) in [5.41, 5.74) is 2.26. The molecule has 0 bridgehead atoms. The second kappa shape index (κ2) is 11.7. The van der Waals surface area contributed by atoms with Gasteiger partial charge >= 0.3 is 5.97 Å². The van der Waals surface area contributed by atoms with Crippen LogP contribution in [0, 0.1) is 17.8 Å². The SMILES string of the molecule is COC(=O)CC(CC1CCN(C(=O)CCc2ccc3c(n2)NCCC3)CC1)C1CN=C(C)NC1. The highest BCUT2D eigenvalue weighted by atomic mass is 16.5. The van der Waals surface area contributed by atoms with Crippen LogP contribution >= 0.6 is 0 Å². The summed E-state index contributed by atoms with van der Waals surface area (Å²) in [5, 5.41) is 6.71. The van der Waals surface area contributed by atoms with Crippen molar-refractivity contribution in [2.45, 2.75) is 58.3 Å². The Kier molecular flexibility index (Phi) is 8.40. The fourth-order valence-corrected chi connectivity index (χ4v) is 5.46. The summed E-state index contributed by atoms with van der Waals surface area (Å²) in [4.78, 5) is 36.2. The Balaban J connectivity index is 1.24. The highest BCUT2D eigenvalue weighted by Gasteiger charge is 2.31. The van der Waals surface area contributed by atoms with Crippen LogP contribution in [0.2, 0.25) is 0 Å². The maximum absolute atomic E-state index is 12.8. The van der Waals surface area contributed by atoms with E-state index in [4.69, 9.17) is 9.72 Å². The molecule has 0 saturated carbocycles. The van der Waals surface area contributed by atoms with Crippen LogP contribution in [0.3, 0.4) is 0 Å². The Morgan fingerprint density at radius 1 is 1.24 bits per heavy atom. The number of fused-ring (bicyclic) bond motifs is 1. The smallest absolute Gasteiger partial charge is 0.305 e. The average Bonchev–Trinajstić information content (AvgIpc) is 2.87. The molecule has 2 atom stereocenters. The molecule has 1 amide bonds. The van der Waals surface area contributed by atoms with Crippen molar-refractivity contribution in [1.29, 1.82) is 0 Å². The van der Waals surface area contributed by atoms with E-state index >= 15 is 0 Å². The largest absolute Gasteiger partial charge is 0.469 e.